The van der Waals surface area contributed by atoms with Crippen LogP contribution >= 0.6 is 0 Å². The van der Waals surface area contributed by atoms with Crippen LogP contribution in [-0.2, 0) is 9.59 Å². The van der Waals surface area contributed by atoms with Gasteiger partial charge in [0.15, 0.2) is 11.5 Å². The predicted octanol–water partition coefficient (Wildman–Crippen LogP) is 1.41. The van der Waals surface area contributed by atoms with E-state index in [0.717, 1.165) is 0 Å². The molecule has 0 saturated carbocycles. The lowest BCUT2D eigenvalue weighted by Crippen LogP contribution is -2.49. The molecule has 1 aromatic rings. The Morgan fingerprint density at radius 2 is 1.65 bits per heavy atom. The first-order valence-corrected chi connectivity index (χ1v) is 8.55. The van der Waals surface area contributed by atoms with Crippen molar-refractivity contribution in [3.05, 3.63) is 23.8 Å². The molecule has 1 rings (SSSR count). The zero-order valence-electron chi connectivity index (χ0n) is 15.8. The van der Waals surface area contributed by atoms with E-state index in [4.69, 9.17) is 9.47 Å². The highest BCUT2D eigenvalue weighted by Crippen LogP contribution is 2.28. The molecule has 0 heterocycles. The third-order valence-corrected chi connectivity index (χ3v) is 2.99. The van der Waals surface area contributed by atoms with E-state index < -0.39 is 17.7 Å². The summed E-state index contributed by atoms with van der Waals surface area (Å²) >= 11 is 0. The van der Waals surface area contributed by atoms with Crippen molar-refractivity contribution < 1.29 is 23.9 Å². The number of carbonyl (C=O) groups excluding carboxylic acids is 3. The Labute approximate surface area is 153 Å². The summed E-state index contributed by atoms with van der Waals surface area (Å²) in [4.78, 5) is 35.3. The average molecular weight is 365 g/mol. The fourth-order valence-electron chi connectivity index (χ4n) is 1.86. The van der Waals surface area contributed by atoms with E-state index in [2.05, 4.69) is 16.2 Å². The summed E-state index contributed by atoms with van der Waals surface area (Å²) in [6.45, 7) is 10.3. The molecule has 0 unspecified atom stereocenters. The van der Waals surface area contributed by atoms with Gasteiger partial charge in [-0.3, -0.25) is 25.2 Å². The minimum Gasteiger partial charge on any atom is -0.490 e. The van der Waals surface area contributed by atoms with E-state index in [1.54, 1.807) is 26.0 Å². The molecular formula is C18H27N3O5. The fourth-order valence-corrected chi connectivity index (χ4v) is 1.86. The van der Waals surface area contributed by atoms with Crippen molar-refractivity contribution in [1.82, 2.24) is 16.2 Å². The minimum absolute atomic E-state index is 0.184. The van der Waals surface area contributed by atoms with Gasteiger partial charge in [0.25, 0.3) is 5.91 Å². The third kappa shape index (κ3) is 7.00. The van der Waals surface area contributed by atoms with Gasteiger partial charge in [-0.15, -0.1) is 0 Å². The molecule has 0 bridgehead atoms. The van der Waals surface area contributed by atoms with Crippen LogP contribution in [0.25, 0.3) is 0 Å². The maximum atomic E-state index is 12.2. The monoisotopic (exact) mass is 365 g/mol. The maximum Gasteiger partial charge on any atom is 0.327 e. The Morgan fingerprint density at radius 3 is 2.23 bits per heavy atom. The highest BCUT2D eigenvalue weighted by Gasteiger charge is 2.17. The van der Waals surface area contributed by atoms with E-state index in [1.165, 1.54) is 6.07 Å². The maximum absolute atomic E-state index is 12.2. The molecule has 0 aromatic heterocycles. The highest BCUT2D eigenvalue weighted by atomic mass is 16.5. The van der Waals surface area contributed by atoms with Crippen molar-refractivity contribution in [2.75, 3.05) is 13.2 Å². The van der Waals surface area contributed by atoms with Crippen molar-refractivity contribution in [3.8, 4) is 11.5 Å². The summed E-state index contributed by atoms with van der Waals surface area (Å²) in [6.07, 6.45) is 0. The number of benzene rings is 1. The first-order chi connectivity index (χ1) is 12.2. The lowest BCUT2D eigenvalue weighted by molar-refractivity contribution is -0.139. The molecule has 0 atom stereocenters. The topological polar surface area (TPSA) is 106 Å². The Kier molecular flexibility index (Phi) is 8.41. The first kappa shape index (κ1) is 21.3. The quantitative estimate of drug-likeness (QED) is 0.500. The number of carbonyl (C=O) groups is 3. The Hall–Kier alpha value is -2.77. The van der Waals surface area contributed by atoms with Gasteiger partial charge in [-0.05, 0) is 44.9 Å². The van der Waals surface area contributed by atoms with E-state index in [-0.39, 0.29) is 11.6 Å². The number of nitrogens with one attached hydrogen (secondary N) is 3. The standard InChI is InChI=1S/C18H27N3O5/c1-6-25-15-9-13(7-8-14(15)26-10-11(2)3)16(22)20-21-18(24)17(23)19-12(4)5/h7-9,11-12H,6,10H2,1-5H3,(H,19,23)(H,20,22)(H,21,24). The highest BCUT2D eigenvalue weighted by molar-refractivity contribution is 6.35. The Morgan fingerprint density at radius 1 is 0.962 bits per heavy atom. The lowest BCUT2D eigenvalue weighted by atomic mass is 10.2. The molecule has 26 heavy (non-hydrogen) atoms. The number of hydrazine groups is 1. The molecule has 8 heteroatoms. The van der Waals surface area contributed by atoms with E-state index in [9.17, 15) is 14.4 Å². The zero-order valence-corrected chi connectivity index (χ0v) is 15.8. The molecule has 3 amide bonds. The smallest absolute Gasteiger partial charge is 0.327 e. The molecule has 0 aliphatic rings. The van der Waals surface area contributed by atoms with Gasteiger partial charge < -0.3 is 14.8 Å². The molecule has 0 aliphatic carbocycles. The van der Waals surface area contributed by atoms with Gasteiger partial charge in [0.05, 0.1) is 13.2 Å². The van der Waals surface area contributed by atoms with Crippen molar-refractivity contribution in [2.45, 2.75) is 40.7 Å². The molecule has 0 fully saturated rings. The second-order valence-corrected chi connectivity index (χ2v) is 6.34. The second-order valence-electron chi connectivity index (χ2n) is 6.34. The van der Waals surface area contributed by atoms with E-state index in [1.807, 2.05) is 20.8 Å². The van der Waals surface area contributed by atoms with Crippen molar-refractivity contribution in [1.29, 1.82) is 0 Å². The minimum atomic E-state index is -0.950. The summed E-state index contributed by atoms with van der Waals surface area (Å²) in [6, 6.07) is 4.52. The van der Waals surface area contributed by atoms with Gasteiger partial charge in [-0.1, -0.05) is 13.8 Å². The average Bonchev–Trinajstić information content (AvgIpc) is 2.57. The van der Waals surface area contributed by atoms with Gasteiger partial charge >= 0.3 is 11.8 Å². The molecule has 3 N–H and O–H groups in total. The fraction of sp³-hybridized carbons (Fsp3) is 0.500. The summed E-state index contributed by atoms with van der Waals surface area (Å²) < 4.78 is 11.2. The van der Waals surface area contributed by atoms with Gasteiger partial charge in [-0.25, -0.2) is 0 Å². The first-order valence-electron chi connectivity index (χ1n) is 8.55. The summed E-state index contributed by atoms with van der Waals surface area (Å²) in [5, 5.41) is 2.42. The number of amides is 3. The van der Waals surface area contributed by atoms with Crippen LogP contribution in [0.15, 0.2) is 18.2 Å². The van der Waals surface area contributed by atoms with Crippen molar-refractivity contribution in [3.63, 3.8) is 0 Å². The van der Waals surface area contributed by atoms with Gasteiger partial charge in [0.2, 0.25) is 0 Å². The molecule has 0 radical (unpaired) electrons. The SMILES string of the molecule is CCOc1cc(C(=O)NNC(=O)C(=O)NC(C)C)ccc1OCC(C)C. The molecule has 0 aliphatic heterocycles. The van der Waals surface area contributed by atoms with Gasteiger partial charge in [0, 0.05) is 11.6 Å². The molecular weight excluding hydrogens is 338 g/mol. The summed E-state index contributed by atoms with van der Waals surface area (Å²) in [5.74, 6) is -1.03. The van der Waals surface area contributed by atoms with Crippen LogP contribution in [0.2, 0.25) is 0 Å². The van der Waals surface area contributed by atoms with Crippen LogP contribution < -0.4 is 25.6 Å². The lowest BCUT2D eigenvalue weighted by Gasteiger charge is -2.15. The predicted molar refractivity (Wildman–Crippen MR) is 96.8 cm³/mol. The van der Waals surface area contributed by atoms with Crippen LogP contribution in [0, 0.1) is 5.92 Å². The van der Waals surface area contributed by atoms with Crippen molar-refractivity contribution in [2.24, 2.45) is 5.92 Å². The Bertz CT molecular complexity index is 644. The second kappa shape index (κ2) is 10.3. The van der Waals surface area contributed by atoms with Crippen LogP contribution in [0.1, 0.15) is 45.0 Å². The van der Waals surface area contributed by atoms with E-state index in [0.29, 0.717) is 30.6 Å². The molecule has 8 nitrogen and oxygen atoms in total. The molecule has 1 aromatic carbocycles. The Balaban J connectivity index is 2.75. The van der Waals surface area contributed by atoms with Crippen LogP contribution in [-0.4, -0.2) is 37.0 Å². The number of hydrogen-bond acceptors (Lipinski definition) is 5. The molecule has 144 valence electrons. The molecule has 0 saturated heterocycles. The van der Waals surface area contributed by atoms with Gasteiger partial charge in [0.1, 0.15) is 0 Å². The normalized spacial score (nSPS) is 10.4. The van der Waals surface area contributed by atoms with Crippen LogP contribution in [0.4, 0.5) is 0 Å². The number of rotatable bonds is 7. The van der Waals surface area contributed by atoms with Crippen LogP contribution in [0.3, 0.4) is 0 Å². The largest absolute Gasteiger partial charge is 0.490 e. The third-order valence-electron chi connectivity index (χ3n) is 2.99. The summed E-state index contributed by atoms with van der Waals surface area (Å²) in [7, 11) is 0. The van der Waals surface area contributed by atoms with Gasteiger partial charge in [-0.2, -0.15) is 0 Å². The van der Waals surface area contributed by atoms with Crippen LogP contribution in [0.5, 0.6) is 11.5 Å². The zero-order chi connectivity index (χ0) is 19.7. The number of hydrogen-bond donors (Lipinski definition) is 3. The van der Waals surface area contributed by atoms with E-state index >= 15 is 0 Å². The number of ether oxygens (including phenoxy) is 2. The summed E-state index contributed by atoms with van der Waals surface area (Å²) in [5.41, 5.74) is 4.53. The molecule has 0 spiro atoms. The van der Waals surface area contributed by atoms with Crippen molar-refractivity contribution >= 4 is 17.7 Å².